The summed E-state index contributed by atoms with van der Waals surface area (Å²) in [6, 6.07) is 1.64. The minimum absolute atomic E-state index is 0.172. The topological polar surface area (TPSA) is 84.3 Å². The van der Waals surface area contributed by atoms with Crippen LogP contribution in [0.3, 0.4) is 0 Å². The summed E-state index contributed by atoms with van der Waals surface area (Å²) in [5.41, 5.74) is 0.214. The highest BCUT2D eigenvalue weighted by molar-refractivity contribution is 5.39. The fourth-order valence-electron chi connectivity index (χ4n) is 1.37. The van der Waals surface area contributed by atoms with Crippen LogP contribution >= 0.6 is 0 Å². The third-order valence-corrected chi connectivity index (χ3v) is 2.32. The van der Waals surface area contributed by atoms with Crippen molar-refractivity contribution in [2.75, 3.05) is 13.1 Å². The molecule has 0 spiro atoms. The van der Waals surface area contributed by atoms with Crippen molar-refractivity contribution in [1.82, 2.24) is 24.9 Å². The number of fused-ring (bicyclic) bond motifs is 1. The van der Waals surface area contributed by atoms with Gasteiger partial charge in [0, 0.05) is 19.2 Å². The summed E-state index contributed by atoms with van der Waals surface area (Å²) >= 11 is 0. The van der Waals surface area contributed by atoms with Crippen LogP contribution < -0.4 is 15.7 Å². The van der Waals surface area contributed by atoms with Gasteiger partial charge in [-0.25, -0.2) is 19.3 Å². The molecule has 78 valence electrons. The summed E-state index contributed by atoms with van der Waals surface area (Å²) < 4.78 is 6.85. The van der Waals surface area contributed by atoms with Gasteiger partial charge in [0.25, 0.3) is 0 Å². The minimum Gasteiger partial charge on any atom is -0.471 e. The van der Waals surface area contributed by atoms with E-state index in [-0.39, 0.29) is 11.8 Å². The number of rotatable bonds is 2. The number of hydrogen-bond acceptors (Lipinski definition) is 5. The van der Waals surface area contributed by atoms with E-state index in [1.807, 2.05) is 0 Å². The Morgan fingerprint density at radius 3 is 3.13 bits per heavy atom. The van der Waals surface area contributed by atoms with Gasteiger partial charge in [-0.3, -0.25) is 0 Å². The molecule has 0 saturated carbocycles. The van der Waals surface area contributed by atoms with Crippen molar-refractivity contribution in [2.24, 2.45) is 0 Å². The molecular weight excluding hydrogens is 198 g/mol. The Bertz CT molecular complexity index is 541. The van der Waals surface area contributed by atoms with Crippen molar-refractivity contribution in [3.63, 3.8) is 0 Å². The average Bonchev–Trinajstić information content (AvgIpc) is 2.54. The van der Waals surface area contributed by atoms with Crippen LogP contribution in [0.2, 0.25) is 0 Å². The molecule has 0 bridgehead atoms. The maximum atomic E-state index is 11.1. The van der Waals surface area contributed by atoms with Gasteiger partial charge < -0.3 is 10.1 Å². The van der Waals surface area contributed by atoms with Gasteiger partial charge in [0.1, 0.15) is 12.4 Å². The molecule has 1 aliphatic heterocycles. The summed E-state index contributed by atoms with van der Waals surface area (Å²) in [5, 5.41) is 9.25. The molecular formula is C8H9N5O2. The first-order chi connectivity index (χ1) is 7.33. The molecule has 1 fully saturated rings. The number of aromatic amines is 1. The summed E-state index contributed by atoms with van der Waals surface area (Å²) in [5.74, 6) is 0.494. The summed E-state index contributed by atoms with van der Waals surface area (Å²) in [6.45, 7) is 1.67. The van der Waals surface area contributed by atoms with Gasteiger partial charge in [0.2, 0.25) is 5.88 Å². The van der Waals surface area contributed by atoms with Crippen LogP contribution in [0.15, 0.2) is 17.2 Å². The monoisotopic (exact) mass is 207 g/mol. The first kappa shape index (κ1) is 8.42. The molecule has 1 aliphatic rings. The second-order valence-corrected chi connectivity index (χ2v) is 3.38. The van der Waals surface area contributed by atoms with Crippen LogP contribution in [-0.4, -0.2) is 38.8 Å². The molecule has 2 N–H and O–H groups in total. The van der Waals surface area contributed by atoms with Crippen LogP contribution in [0.25, 0.3) is 5.65 Å². The number of nitrogens with one attached hydrogen (secondary N) is 2. The maximum absolute atomic E-state index is 11.1. The molecule has 3 heterocycles. The van der Waals surface area contributed by atoms with Crippen molar-refractivity contribution in [2.45, 2.75) is 6.10 Å². The van der Waals surface area contributed by atoms with E-state index in [4.69, 9.17) is 4.74 Å². The van der Waals surface area contributed by atoms with E-state index < -0.39 is 0 Å². The zero-order valence-corrected chi connectivity index (χ0v) is 7.80. The number of hydrogen-bond donors (Lipinski definition) is 2. The van der Waals surface area contributed by atoms with Gasteiger partial charge >= 0.3 is 5.69 Å². The Balaban J connectivity index is 1.95. The smallest absolute Gasteiger partial charge is 0.348 e. The summed E-state index contributed by atoms with van der Waals surface area (Å²) in [6.07, 6.45) is 1.58. The average molecular weight is 207 g/mol. The van der Waals surface area contributed by atoms with Crippen LogP contribution in [0.4, 0.5) is 0 Å². The first-order valence-electron chi connectivity index (χ1n) is 4.63. The molecule has 7 heteroatoms. The number of nitrogens with zero attached hydrogens (tertiary/aromatic N) is 3. The SMILES string of the molecule is O=c1[nH]nc2cc(OC3CNC3)ncn12. The van der Waals surface area contributed by atoms with Crippen molar-refractivity contribution >= 4 is 5.65 Å². The highest BCUT2D eigenvalue weighted by Crippen LogP contribution is 2.10. The highest BCUT2D eigenvalue weighted by Gasteiger charge is 2.19. The fraction of sp³-hybridized carbons (Fsp3) is 0.375. The standard InChI is InChI=1S/C8H9N5O2/c14-8-12-11-6-1-7(10-4-13(6)8)15-5-2-9-3-5/h1,4-5,9H,2-3H2,(H,12,14). The summed E-state index contributed by atoms with van der Waals surface area (Å²) in [7, 11) is 0. The zero-order chi connectivity index (χ0) is 10.3. The molecule has 2 aromatic heterocycles. The normalized spacial score (nSPS) is 16.5. The molecule has 0 amide bonds. The lowest BCUT2D eigenvalue weighted by Crippen LogP contribution is -2.50. The van der Waals surface area contributed by atoms with Crippen molar-refractivity contribution in [3.8, 4) is 5.88 Å². The van der Waals surface area contributed by atoms with E-state index in [0.29, 0.717) is 11.5 Å². The molecule has 15 heavy (non-hydrogen) atoms. The fourth-order valence-corrected chi connectivity index (χ4v) is 1.37. The van der Waals surface area contributed by atoms with Gasteiger partial charge in [0.05, 0.1) is 0 Å². The molecule has 0 aromatic carbocycles. The maximum Gasteiger partial charge on any atom is 0.348 e. The quantitative estimate of drug-likeness (QED) is 0.644. The van der Waals surface area contributed by atoms with Crippen LogP contribution in [-0.2, 0) is 0 Å². The lowest BCUT2D eigenvalue weighted by Gasteiger charge is -2.26. The third kappa shape index (κ3) is 1.37. The van der Waals surface area contributed by atoms with E-state index in [1.165, 1.54) is 10.7 Å². The van der Waals surface area contributed by atoms with Crippen molar-refractivity contribution in [3.05, 3.63) is 22.9 Å². The van der Waals surface area contributed by atoms with E-state index in [2.05, 4.69) is 20.5 Å². The number of aromatic nitrogens is 4. The second kappa shape index (κ2) is 3.06. The zero-order valence-electron chi connectivity index (χ0n) is 7.80. The van der Waals surface area contributed by atoms with E-state index in [9.17, 15) is 4.79 Å². The Morgan fingerprint density at radius 1 is 1.53 bits per heavy atom. The lowest BCUT2D eigenvalue weighted by molar-refractivity contribution is 0.136. The van der Waals surface area contributed by atoms with Gasteiger partial charge in [-0.15, -0.1) is 0 Å². The second-order valence-electron chi connectivity index (χ2n) is 3.38. The third-order valence-electron chi connectivity index (χ3n) is 2.32. The van der Waals surface area contributed by atoms with Gasteiger partial charge in [-0.05, 0) is 0 Å². The van der Waals surface area contributed by atoms with E-state index in [1.54, 1.807) is 6.07 Å². The molecule has 0 aliphatic carbocycles. The Kier molecular flexibility index (Phi) is 1.72. The van der Waals surface area contributed by atoms with Crippen molar-refractivity contribution in [1.29, 1.82) is 0 Å². The molecule has 3 rings (SSSR count). The van der Waals surface area contributed by atoms with Gasteiger partial charge in [0.15, 0.2) is 5.65 Å². The molecule has 0 radical (unpaired) electrons. The predicted molar refractivity (Wildman–Crippen MR) is 50.9 cm³/mol. The Morgan fingerprint density at radius 2 is 2.40 bits per heavy atom. The predicted octanol–water partition coefficient (Wildman–Crippen LogP) is -1.23. The number of ether oxygens (including phenoxy) is 1. The minimum atomic E-state index is -0.297. The molecule has 2 aromatic rings. The highest BCUT2D eigenvalue weighted by atomic mass is 16.5. The Labute approximate surface area is 84.1 Å². The van der Waals surface area contributed by atoms with E-state index >= 15 is 0 Å². The molecule has 0 atom stereocenters. The lowest BCUT2D eigenvalue weighted by atomic mass is 10.2. The summed E-state index contributed by atoms with van der Waals surface area (Å²) in [4.78, 5) is 15.1. The number of H-pyrrole nitrogens is 1. The molecule has 7 nitrogen and oxygen atoms in total. The van der Waals surface area contributed by atoms with Crippen LogP contribution in [0, 0.1) is 0 Å². The van der Waals surface area contributed by atoms with Gasteiger partial charge in [-0.1, -0.05) is 0 Å². The van der Waals surface area contributed by atoms with Crippen molar-refractivity contribution < 1.29 is 4.74 Å². The Hall–Kier alpha value is -1.89. The van der Waals surface area contributed by atoms with Gasteiger partial charge in [-0.2, -0.15) is 5.10 Å². The van der Waals surface area contributed by atoms with Crippen LogP contribution in [0.5, 0.6) is 5.88 Å². The largest absolute Gasteiger partial charge is 0.471 e. The van der Waals surface area contributed by atoms with Crippen LogP contribution in [0.1, 0.15) is 0 Å². The molecule has 0 unspecified atom stereocenters. The first-order valence-corrected chi connectivity index (χ1v) is 4.63. The molecule has 1 saturated heterocycles. The van der Waals surface area contributed by atoms with E-state index in [0.717, 1.165) is 13.1 Å².